The topological polar surface area (TPSA) is 130 Å². The maximum atomic E-state index is 13.4. The fourth-order valence-electron chi connectivity index (χ4n) is 6.23. The third kappa shape index (κ3) is 5.85. The third-order valence-electron chi connectivity index (χ3n) is 8.78. The monoisotopic (exact) mass is 621 g/mol. The number of nitrogens with one attached hydrogen (secondary N) is 3. The molecule has 3 amide bonds. The predicted molar refractivity (Wildman–Crippen MR) is 175 cm³/mol. The minimum absolute atomic E-state index is 0.192. The number of aromatic nitrogens is 3. The summed E-state index contributed by atoms with van der Waals surface area (Å²) in [5.74, 6) is 1.24. The molecular formula is C35H39N7O4. The Hall–Kier alpha value is -5.03. The van der Waals surface area contributed by atoms with Gasteiger partial charge in [0.1, 0.15) is 17.4 Å². The lowest BCUT2D eigenvalue weighted by atomic mass is 9.81. The molecule has 6 rings (SSSR count). The van der Waals surface area contributed by atoms with Crippen LogP contribution in [0.1, 0.15) is 78.6 Å². The fraction of sp³-hybridized carbons (Fsp3) is 0.343. The minimum Gasteiger partial charge on any atom is -0.480 e. The van der Waals surface area contributed by atoms with Gasteiger partial charge in [-0.25, -0.2) is 4.79 Å². The molecule has 2 aromatic heterocycles. The molecule has 11 heteroatoms. The Labute approximate surface area is 268 Å². The summed E-state index contributed by atoms with van der Waals surface area (Å²) in [6, 6.07) is 16.0. The van der Waals surface area contributed by atoms with Gasteiger partial charge >= 0.3 is 6.03 Å². The summed E-state index contributed by atoms with van der Waals surface area (Å²) >= 11 is 0. The first-order chi connectivity index (χ1) is 22.0. The second-order valence-corrected chi connectivity index (χ2v) is 13.0. The summed E-state index contributed by atoms with van der Waals surface area (Å²) in [6.07, 6.45) is 7.67. The van der Waals surface area contributed by atoms with Crippen molar-refractivity contribution < 1.29 is 19.1 Å². The van der Waals surface area contributed by atoms with Gasteiger partial charge in [0.15, 0.2) is 17.8 Å². The molecule has 0 saturated carbocycles. The van der Waals surface area contributed by atoms with Gasteiger partial charge in [-0.1, -0.05) is 45.0 Å². The number of hydrogen-bond donors (Lipinski definition) is 3. The Morgan fingerprint density at radius 2 is 1.89 bits per heavy atom. The van der Waals surface area contributed by atoms with E-state index in [4.69, 9.17) is 4.74 Å². The zero-order valence-electron chi connectivity index (χ0n) is 26.7. The Balaban J connectivity index is 1.26. The van der Waals surface area contributed by atoms with Crippen LogP contribution in [0.25, 0.3) is 5.65 Å². The van der Waals surface area contributed by atoms with Crippen molar-refractivity contribution in [1.29, 1.82) is 0 Å². The highest BCUT2D eigenvalue weighted by molar-refractivity contribution is 5.98. The summed E-state index contributed by atoms with van der Waals surface area (Å²) in [4.78, 5) is 41.0. The molecule has 238 valence electrons. The molecule has 0 unspecified atom stereocenters. The van der Waals surface area contributed by atoms with Crippen molar-refractivity contribution >= 4 is 29.6 Å². The van der Waals surface area contributed by atoms with Crippen LogP contribution < -0.4 is 20.7 Å². The summed E-state index contributed by atoms with van der Waals surface area (Å²) in [7, 11) is 3.66. The second kappa shape index (κ2) is 12.1. The van der Waals surface area contributed by atoms with Crippen molar-refractivity contribution in [2.24, 2.45) is 0 Å². The van der Waals surface area contributed by atoms with Crippen LogP contribution in [-0.2, 0) is 15.7 Å². The molecule has 2 aromatic carbocycles. The van der Waals surface area contributed by atoms with Crippen LogP contribution in [0, 0.1) is 0 Å². The molecule has 3 heterocycles. The summed E-state index contributed by atoms with van der Waals surface area (Å²) < 4.78 is 8.45. The molecule has 4 aromatic rings. The van der Waals surface area contributed by atoms with Crippen LogP contribution >= 0.6 is 0 Å². The van der Waals surface area contributed by atoms with Crippen molar-refractivity contribution in [3.8, 4) is 5.75 Å². The minimum atomic E-state index is -1.44. The Morgan fingerprint density at radius 3 is 2.61 bits per heavy atom. The van der Waals surface area contributed by atoms with Gasteiger partial charge in [-0.15, -0.1) is 10.2 Å². The highest BCUT2D eigenvalue weighted by atomic mass is 16.5. The van der Waals surface area contributed by atoms with E-state index >= 15 is 0 Å². The highest BCUT2D eigenvalue weighted by Gasteiger charge is 2.38. The number of pyridine rings is 1. The van der Waals surface area contributed by atoms with Gasteiger partial charge in [-0.05, 0) is 85.5 Å². The smallest absolute Gasteiger partial charge is 0.320 e. The molecule has 3 N–H and O–H groups in total. The zero-order chi connectivity index (χ0) is 32.6. The van der Waals surface area contributed by atoms with Crippen molar-refractivity contribution in [3.63, 3.8) is 0 Å². The SMILES string of the molecule is CNC(=O)c1cc(NC(=O)N[C@@]2(C=O)C=C[C@@H](Oc3ccc4nnc([C@@H]5CCCN5C)n4c3)c3ccccc32)cc(C(C)(C)C)c1. The van der Waals surface area contributed by atoms with E-state index in [-0.39, 0.29) is 17.4 Å². The number of nitrogens with zero attached hydrogens (tertiary/aromatic N) is 4. The van der Waals surface area contributed by atoms with Crippen LogP contribution in [0.5, 0.6) is 5.75 Å². The number of carbonyl (C=O) groups is 3. The number of urea groups is 1. The Bertz CT molecular complexity index is 1840. The number of aldehydes is 1. The summed E-state index contributed by atoms with van der Waals surface area (Å²) in [5.41, 5.74) is 2.11. The first-order valence-corrected chi connectivity index (χ1v) is 15.4. The summed E-state index contributed by atoms with van der Waals surface area (Å²) in [6.45, 7) is 7.10. The quantitative estimate of drug-likeness (QED) is 0.194. The Morgan fingerprint density at radius 1 is 1.09 bits per heavy atom. The largest absolute Gasteiger partial charge is 0.480 e. The molecule has 0 radical (unpaired) electrons. The number of ether oxygens (including phenoxy) is 1. The number of amides is 3. The lowest BCUT2D eigenvalue weighted by Crippen LogP contribution is -2.49. The van der Waals surface area contributed by atoms with Crippen molar-refractivity contribution in [2.75, 3.05) is 26.0 Å². The van der Waals surface area contributed by atoms with E-state index in [0.29, 0.717) is 28.8 Å². The average molecular weight is 622 g/mol. The molecule has 11 nitrogen and oxygen atoms in total. The van der Waals surface area contributed by atoms with E-state index in [0.717, 1.165) is 42.0 Å². The fourth-order valence-corrected chi connectivity index (χ4v) is 6.23. The van der Waals surface area contributed by atoms with Crippen molar-refractivity contribution in [3.05, 3.63) is 101 Å². The van der Waals surface area contributed by atoms with E-state index in [1.165, 1.54) is 0 Å². The van der Waals surface area contributed by atoms with Crippen LogP contribution in [-0.4, -0.2) is 58.4 Å². The van der Waals surface area contributed by atoms with Gasteiger partial charge in [0.05, 0.1) is 12.2 Å². The highest BCUT2D eigenvalue weighted by Crippen LogP contribution is 2.38. The van der Waals surface area contributed by atoms with E-state index in [2.05, 4.69) is 38.1 Å². The number of carbonyl (C=O) groups excluding carboxylic acids is 3. The van der Waals surface area contributed by atoms with E-state index in [9.17, 15) is 14.4 Å². The molecular weight excluding hydrogens is 582 g/mol. The molecule has 3 atom stereocenters. The van der Waals surface area contributed by atoms with Gasteiger partial charge < -0.3 is 20.7 Å². The van der Waals surface area contributed by atoms with Crippen LogP contribution in [0.2, 0.25) is 0 Å². The van der Waals surface area contributed by atoms with Crippen molar-refractivity contribution in [2.45, 2.75) is 56.7 Å². The maximum absolute atomic E-state index is 13.4. The normalized spacial score (nSPS) is 21.1. The van der Waals surface area contributed by atoms with E-state index in [1.807, 2.05) is 79.9 Å². The van der Waals surface area contributed by atoms with Gasteiger partial charge in [0.25, 0.3) is 5.91 Å². The number of anilines is 1. The van der Waals surface area contributed by atoms with Gasteiger partial charge in [-0.2, -0.15) is 0 Å². The number of rotatable bonds is 7. The molecule has 46 heavy (non-hydrogen) atoms. The van der Waals surface area contributed by atoms with Gasteiger partial charge in [0, 0.05) is 23.9 Å². The molecule has 1 fully saturated rings. The Kier molecular flexibility index (Phi) is 8.11. The average Bonchev–Trinajstić information content (AvgIpc) is 3.66. The number of fused-ring (bicyclic) bond motifs is 2. The molecule has 0 spiro atoms. The molecule has 1 aliphatic heterocycles. The molecule has 1 aliphatic carbocycles. The second-order valence-electron chi connectivity index (χ2n) is 13.0. The van der Waals surface area contributed by atoms with Gasteiger partial charge in [-0.3, -0.25) is 18.9 Å². The number of likely N-dealkylation sites (tertiary alicyclic amines) is 1. The maximum Gasteiger partial charge on any atom is 0.320 e. The molecule has 2 aliphatic rings. The van der Waals surface area contributed by atoms with Crippen molar-refractivity contribution in [1.82, 2.24) is 30.1 Å². The lowest BCUT2D eigenvalue weighted by molar-refractivity contribution is -0.111. The molecule has 0 bridgehead atoms. The number of hydrogen-bond acceptors (Lipinski definition) is 7. The summed E-state index contributed by atoms with van der Waals surface area (Å²) in [5, 5.41) is 17.2. The first kappa shape index (κ1) is 31.0. The first-order valence-electron chi connectivity index (χ1n) is 15.4. The van der Waals surface area contributed by atoms with Crippen LogP contribution in [0.15, 0.2) is 72.9 Å². The lowest BCUT2D eigenvalue weighted by Gasteiger charge is -2.34. The number of benzene rings is 2. The predicted octanol–water partition coefficient (Wildman–Crippen LogP) is 5.06. The van der Waals surface area contributed by atoms with Crippen LogP contribution in [0.4, 0.5) is 10.5 Å². The standard InChI is InChI=1S/C35H39N7O4/c1-34(2,3)23-17-22(32(44)36-4)18-24(19-23)37-33(45)38-35(21-43)15-14-29(26-9-6-7-10-27(26)35)46-25-12-13-30-39-40-31(42(30)20-25)28-11-8-16-41(28)5/h6-7,9-10,12-15,17-21,28-29H,8,11,16H2,1-5H3,(H,36,44)(H2,37,38,45)/t28-,29+,35+/m0/s1. The van der Waals surface area contributed by atoms with E-state index < -0.39 is 17.7 Å². The molecule has 1 saturated heterocycles. The zero-order valence-corrected chi connectivity index (χ0v) is 26.7. The van der Waals surface area contributed by atoms with Gasteiger partial charge in [0.2, 0.25) is 0 Å². The van der Waals surface area contributed by atoms with E-state index in [1.54, 1.807) is 25.3 Å². The van der Waals surface area contributed by atoms with Crippen LogP contribution in [0.3, 0.4) is 0 Å². The third-order valence-corrected chi connectivity index (χ3v) is 8.78.